The highest BCUT2D eigenvalue weighted by Gasteiger charge is 2.34. The minimum atomic E-state index is -0.828. The fourth-order valence-electron chi connectivity index (χ4n) is 3.94. The van der Waals surface area contributed by atoms with Gasteiger partial charge in [0, 0.05) is 0 Å². The lowest BCUT2D eigenvalue weighted by Crippen LogP contribution is -2.40. The van der Waals surface area contributed by atoms with Gasteiger partial charge in [-0.15, -0.1) is 0 Å². The molecule has 2 aromatic carbocycles. The highest BCUT2D eigenvalue weighted by Crippen LogP contribution is 2.36. The summed E-state index contributed by atoms with van der Waals surface area (Å²) in [6.07, 6.45) is 4.75. The lowest BCUT2D eigenvalue weighted by molar-refractivity contribution is -0.138. The Morgan fingerprint density at radius 2 is 1.86 bits per heavy atom. The van der Waals surface area contributed by atoms with Crippen molar-refractivity contribution in [2.75, 3.05) is 20.3 Å². The molecular formula is C28H25FN2O5S. The van der Waals surface area contributed by atoms with E-state index in [1.54, 1.807) is 49.4 Å². The number of halogens is 1. The third-order valence-electron chi connectivity index (χ3n) is 5.60. The first kappa shape index (κ1) is 25.8. The first-order chi connectivity index (χ1) is 17.9. The quantitative estimate of drug-likeness (QED) is 0.318. The fourth-order valence-corrected chi connectivity index (χ4v) is 4.99. The number of thiazole rings is 1. The predicted octanol–water partition coefficient (Wildman–Crippen LogP) is 3.68. The molecule has 0 saturated heterocycles. The molecule has 0 aliphatic carbocycles. The Labute approximate surface area is 216 Å². The fraction of sp³-hybridized carbons (Fsp3) is 0.179. The van der Waals surface area contributed by atoms with Gasteiger partial charge >= 0.3 is 5.97 Å². The van der Waals surface area contributed by atoms with Crippen LogP contribution in [-0.4, -0.2) is 30.9 Å². The Hall–Kier alpha value is -4.24. The number of aromatic nitrogens is 1. The number of hydrogen-bond donors (Lipinski definition) is 0. The predicted molar refractivity (Wildman–Crippen MR) is 140 cm³/mol. The smallest absolute Gasteiger partial charge is 0.338 e. The van der Waals surface area contributed by atoms with Gasteiger partial charge in [-0.1, -0.05) is 54.8 Å². The standard InChI is InChI=1S/C28H25FN2O5S/c1-5-13-35-21-12-9-19(16-22(21)34-4)25-24(27(33)36-14-6-2)17(3)30-28-31(25)26(32)23(37-28)15-18-7-10-20(29)11-8-18/h5-12,15-16,25H,1-2,13-14H2,3-4H3. The van der Waals surface area contributed by atoms with Crippen LogP contribution in [0.5, 0.6) is 11.5 Å². The maximum absolute atomic E-state index is 13.7. The zero-order valence-corrected chi connectivity index (χ0v) is 21.2. The van der Waals surface area contributed by atoms with Gasteiger partial charge in [-0.05, 0) is 48.4 Å². The molecule has 0 N–H and O–H groups in total. The molecule has 9 heteroatoms. The topological polar surface area (TPSA) is 79.1 Å². The van der Waals surface area contributed by atoms with E-state index in [4.69, 9.17) is 14.2 Å². The molecule has 3 aromatic rings. The zero-order chi connectivity index (χ0) is 26.5. The molecule has 4 rings (SSSR count). The molecule has 1 aliphatic rings. The first-order valence-corrected chi connectivity index (χ1v) is 12.2. The molecule has 0 radical (unpaired) electrons. The monoisotopic (exact) mass is 520 g/mol. The number of carbonyl (C=O) groups excluding carboxylic acids is 1. The molecule has 7 nitrogen and oxygen atoms in total. The molecule has 37 heavy (non-hydrogen) atoms. The number of ether oxygens (including phenoxy) is 3. The summed E-state index contributed by atoms with van der Waals surface area (Å²) in [6, 6.07) is 10.2. The number of benzene rings is 2. The van der Waals surface area contributed by atoms with Crippen molar-refractivity contribution < 1.29 is 23.4 Å². The molecule has 1 unspecified atom stereocenters. The second-order valence-corrected chi connectivity index (χ2v) is 9.04. The highest BCUT2D eigenvalue weighted by molar-refractivity contribution is 7.07. The van der Waals surface area contributed by atoms with Crippen LogP contribution in [0.3, 0.4) is 0 Å². The second-order valence-electron chi connectivity index (χ2n) is 8.03. The molecule has 0 bridgehead atoms. The summed E-state index contributed by atoms with van der Waals surface area (Å²) < 4.78 is 31.8. The number of allylic oxidation sites excluding steroid dienone is 1. The first-order valence-electron chi connectivity index (χ1n) is 11.4. The number of rotatable bonds is 9. The summed E-state index contributed by atoms with van der Waals surface area (Å²) in [5.41, 5.74) is 1.58. The number of fused-ring (bicyclic) bond motifs is 1. The Morgan fingerprint density at radius 3 is 2.54 bits per heavy atom. The SMILES string of the molecule is C=CCOC(=O)C1=C(C)N=c2sc(=Cc3ccc(F)cc3)c(=O)n2C1c1ccc(OCC=C)c(OC)c1. The van der Waals surface area contributed by atoms with Crippen molar-refractivity contribution in [2.24, 2.45) is 4.99 Å². The second kappa shape index (κ2) is 11.2. The van der Waals surface area contributed by atoms with Crippen LogP contribution in [0.4, 0.5) is 4.39 Å². The molecule has 1 aromatic heterocycles. The van der Waals surface area contributed by atoms with Gasteiger partial charge in [-0.25, -0.2) is 14.2 Å². The van der Waals surface area contributed by atoms with Crippen molar-refractivity contribution in [1.82, 2.24) is 4.57 Å². The third kappa shape index (κ3) is 5.31. The van der Waals surface area contributed by atoms with Crippen LogP contribution in [0.15, 0.2) is 88.8 Å². The van der Waals surface area contributed by atoms with Crippen molar-refractivity contribution in [1.29, 1.82) is 0 Å². The molecule has 0 spiro atoms. The average molecular weight is 521 g/mol. The normalized spacial score (nSPS) is 15.0. The van der Waals surface area contributed by atoms with Crippen LogP contribution in [0.1, 0.15) is 24.1 Å². The summed E-state index contributed by atoms with van der Waals surface area (Å²) in [6.45, 7) is 9.25. The Kier molecular flexibility index (Phi) is 7.83. The number of esters is 1. The van der Waals surface area contributed by atoms with E-state index in [1.165, 1.54) is 41.2 Å². The van der Waals surface area contributed by atoms with E-state index >= 15 is 0 Å². The van der Waals surface area contributed by atoms with E-state index in [0.717, 1.165) is 0 Å². The molecule has 2 heterocycles. The summed E-state index contributed by atoms with van der Waals surface area (Å²) in [5.74, 6) is -0.0519. The van der Waals surface area contributed by atoms with Crippen molar-refractivity contribution in [3.63, 3.8) is 0 Å². The van der Waals surface area contributed by atoms with E-state index in [-0.39, 0.29) is 30.2 Å². The molecular weight excluding hydrogens is 495 g/mol. The van der Waals surface area contributed by atoms with Crippen LogP contribution < -0.4 is 24.4 Å². The molecule has 190 valence electrons. The van der Waals surface area contributed by atoms with E-state index in [9.17, 15) is 14.0 Å². The van der Waals surface area contributed by atoms with Crippen molar-refractivity contribution in [2.45, 2.75) is 13.0 Å². The van der Waals surface area contributed by atoms with Gasteiger partial charge in [0.05, 0.1) is 29.0 Å². The third-order valence-corrected chi connectivity index (χ3v) is 6.58. The zero-order valence-electron chi connectivity index (χ0n) is 20.4. The van der Waals surface area contributed by atoms with Crippen LogP contribution in [0, 0.1) is 5.82 Å². The van der Waals surface area contributed by atoms with Crippen LogP contribution in [-0.2, 0) is 9.53 Å². The number of hydrogen-bond acceptors (Lipinski definition) is 7. The van der Waals surface area contributed by atoms with E-state index < -0.39 is 12.0 Å². The average Bonchev–Trinajstić information content (AvgIpc) is 3.20. The van der Waals surface area contributed by atoms with Gasteiger partial charge in [0.2, 0.25) is 0 Å². The number of nitrogens with zero attached hydrogens (tertiary/aromatic N) is 2. The van der Waals surface area contributed by atoms with Crippen molar-refractivity contribution in [3.8, 4) is 11.5 Å². The minimum absolute atomic E-state index is 0.00890. The Morgan fingerprint density at radius 1 is 1.14 bits per heavy atom. The maximum atomic E-state index is 13.7. The number of methoxy groups -OCH3 is 1. The largest absolute Gasteiger partial charge is 0.493 e. The lowest BCUT2D eigenvalue weighted by atomic mass is 9.95. The molecule has 0 saturated carbocycles. The van der Waals surface area contributed by atoms with E-state index in [1.807, 2.05) is 0 Å². The van der Waals surface area contributed by atoms with E-state index in [0.29, 0.717) is 37.7 Å². The van der Waals surface area contributed by atoms with Gasteiger partial charge < -0.3 is 14.2 Å². The van der Waals surface area contributed by atoms with Gasteiger partial charge in [-0.3, -0.25) is 9.36 Å². The molecule has 0 fully saturated rings. The Balaban J connectivity index is 1.92. The Bertz CT molecular complexity index is 1570. The summed E-state index contributed by atoms with van der Waals surface area (Å²) in [5, 5.41) is 0. The summed E-state index contributed by atoms with van der Waals surface area (Å²) in [4.78, 5) is 31.8. The van der Waals surface area contributed by atoms with Gasteiger partial charge in [-0.2, -0.15) is 0 Å². The highest BCUT2D eigenvalue weighted by atomic mass is 32.1. The summed E-state index contributed by atoms with van der Waals surface area (Å²) in [7, 11) is 1.51. The van der Waals surface area contributed by atoms with E-state index in [2.05, 4.69) is 18.2 Å². The number of carbonyl (C=O) groups is 1. The van der Waals surface area contributed by atoms with Crippen LogP contribution in [0.2, 0.25) is 0 Å². The van der Waals surface area contributed by atoms with Gasteiger partial charge in [0.1, 0.15) is 19.0 Å². The van der Waals surface area contributed by atoms with Crippen molar-refractivity contribution in [3.05, 3.63) is 116 Å². The van der Waals surface area contributed by atoms with Crippen molar-refractivity contribution >= 4 is 23.4 Å². The van der Waals surface area contributed by atoms with Crippen LogP contribution in [0.25, 0.3) is 6.08 Å². The summed E-state index contributed by atoms with van der Waals surface area (Å²) >= 11 is 1.18. The molecule has 1 aliphatic heterocycles. The van der Waals surface area contributed by atoms with Gasteiger partial charge in [0.15, 0.2) is 16.3 Å². The lowest BCUT2D eigenvalue weighted by Gasteiger charge is -2.25. The van der Waals surface area contributed by atoms with Gasteiger partial charge in [0.25, 0.3) is 5.56 Å². The molecule has 1 atom stereocenters. The van der Waals surface area contributed by atoms with Crippen LogP contribution >= 0.6 is 11.3 Å². The maximum Gasteiger partial charge on any atom is 0.338 e. The molecule has 0 amide bonds. The minimum Gasteiger partial charge on any atom is -0.493 e.